The number of methoxy groups -OCH3 is 1. The van der Waals surface area contributed by atoms with E-state index in [1.165, 1.54) is 0 Å². The molecule has 1 aromatic carbocycles. The van der Waals surface area contributed by atoms with Gasteiger partial charge in [-0.3, -0.25) is 4.98 Å². The molecule has 1 aromatic heterocycles. The molecule has 0 aliphatic heterocycles. The number of nitrogens with zero attached hydrogens (tertiary/aromatic N) is 1. The molecule has 0 saturated heterocycles. The number of pyridine rings is 1. The van der Waals surface area contributed by atoms with E-state index in [9.17, 15) is 0 Å². The number of benzene rings is 1. The summed E-state index contributed by atoms with van der Waals surface area (Å²) in [6, 6.07) is 9.75. The summed E-state index contributed by atoms with van der Waals surface area (Å²) in [4.78, 5) is 4.40. The second-order valence-corrected chi connectivity index (χ2v) is 4.27. The Bertz CT molecular complexity index is 556. The maximum atomic E-state index is 5.73. The number of nitrogen functional groups attached to an aromatic ring is 1. The highest BCUT2D eigenvalue weighted by molar-refractivity contribution is 5.70. The van der Waals surface area contributed by atoms with Crippen LogP contribution in [-0.2, 0) is 4.74 Å². The average molecular weight is 258 g/mol. The topological polar surface area (TPSA) is 57.4 Å². The molecule has 0 saturated carbocycles. The minimum atomic E-state index is 0.515. The number of hydrogen-bond donors (Lipinski definition) is 1. The van der Waals surface area contributed by atoms with Crippen LogP contribution >= 0.6 is 0 Å². The van der Waals surface area contributed by atoms with Crippen molar-refractivity contribution in [2.75, 3.05) is 26.1 Å². The lowest BCUT2D eigenvalue weighted by Crippen LogP contribution is -2.05. The van der Waals surface area contributed by atoms with Gasteiger partial charge in [0.15, 0.2) is 0 Å². The van der Waals surface area contributed by atoms with Crippen LogP contribution < -0.4 is 10.5 Å². The van der Waals surface area contributed by atoms with E-state index < -0.39 is 0 Å². The predicted octanol–water partition coefficient (Wildman–Crippen LogP) is 2.66. The lowest BCUT2D eigenvalue weighted by Gasteiger charge is -2.12. The lowest BCUT2D eigenvalue weighted by molar-refractivity contribution is 0.146. The second-order valence-electron chi connectivity index (χ2n) is 4.27. The molecule has 0 spiro atoms. The summed E-state index contributed by atoms with van der Waals surface area (Å²) in [5.74, 6) is 0.805. The van der Waals surface area contributed by atoms with Crippen LogP contribution in [0.2, 0.25) is 0 Å². The molecule has 0 amide bonds. The van der Waals surface area contributed by atoms with Crippen molar-refractivity contribution >= 4 is 5.69 Å². The van der Waals surface area contributed by atoms with Crippen molar-refractivity contribution in [3.63, 3.8) is 0 Å². The number of aryl methyl sites for hydroxylation is 1. The first kappa shape index (κ1) is 13.4. The number of nitrogens with two attached hydrogens (primary N) is 1. The third-order valence-corrected chi connectivity index (χ3v) is 2.79. The van der Waals surface area contributed by atoms with Gasteiger partial charge in [0, 0.05) is 12.7 Å². The maximum absolute atomic E-state index is 5.73. The molecular weight excluding hydrogens is 240 g/mol. The Kier molecular flexibility index (Phi) is 4.36. The van der Waals surface area contributed by atoms with Crippen LogP contribution in [0.15, 0.2) is 36.5 Å². The fraction of sp³-hybridized carbons (Fsp3) is 0.267. The molecule has 4 heteroatoms. The zero-order chi connectivity index (χ0) is 13.7. The second kappa shape index (κ2) is 6.20. The SMILES string of the molecule is COCCOc1ccccc1-c1ncc(N)cc1C. The van der Waals surface area contributed by atoms with Crippen LogP contribution in [0.25, 0.3) is 11.3 Å². The first-order valence-electron chi connectivity index (χ1n) is 6.15. The number of para-hydroxylation sites is 1. The molecule has 2 aromatic rings. The van der Waals surface area contributed by atoms with E-state index in [2.05, 4.69) is 4.98 Å². The Hall–Kier alpha value is -2.07. The molecule has 100 valence electrons. The highest BCUT2D eigenvalue weighted by atomic mass is 16.5. The van der Waals surface area contributed by atoms with Gasteiger partial charge in [-0.05, 0) is 30.7 Å². The molecule has 2 rings (SSSR count). The number of aromatic nitrogens is 1. The average Bonchev–Trinajstić information content (AvgIpc) is 2.40. The van der Waals surface area contributed by atoms with Crippen molar-refractivity contribution in [2.24, 2.45) is 0 Å². The summed E-state index contributed by atoms with van der Waals surface area (Å²) in [5, 5.41) is 0. The Morgan fingerprint density at radius 3 is 2.74 bits per heavy atom. The van der Waals surface area contributed by atoms with Gasteiger partial charge >= 0.3 is 0 Å². The van der Waals surface area contributed by atoms with E-state index in [-0.39, 0.29) is 0 Å². The van der Waals surface area contributed by atoms with Crippen molar-refractivity contribution in [1.82, 2.24) is 4.98 Å². The smallest absolute Gasteiger partial charge is 0.128 e. The van der Waals surface area contributed by atoms with Crippen LogP contribution in [0.1, 0.15) is 5.56 Å². The van der Waals surface area contributed by atoms with Gasteiger partial charge < -0.3 is 15.2 Å². The fourth-order valence-electron chi connectivity index (χ4n) is 1.90. The lowest BCUT2D eigenvalue weighted by atomic mass is 10.1. The summed E-state index contributed by atoms with van der Waals surface area (Å²) in [7, 11) is 1.65. The summed E-state index contributed by atoms with van der Waals surface area (Å²) in [5.41, 5.74) is 9.29. The van der Waals surface area contributed by atoms with Crippen molar-refractivity contribution in [2.45, 2.75) is 6.92 Å². The minimum Gasteiger partial charge on any atom is -0.490 e. The van der Waals surface area contributed by atoms with Crippen LogP contribution in [0.5, 0.6) is 5.75 Å². The zero-order valence-corrected chi connectivity index (χ0v) is 11.2. The van der Waals surface area contributed by atoms with E-state index in [1.54, 1.807) is 13.3 Å². The van der Waals surface area contributed by atoms with E-state index in [0.29, 0.717) is 18.9 Å². The van der Waals surface area contributed by atoms with Gasteiger partial charge in [0.2, 0.25) is 0 Å². The predicted molar refractivity (Wildman–Crippen MR) is 76.2 cm³/mol. The summed E-state index contributed by atoms with van der Waals surface area (Å²) in [6.07, 6.45) is 1.66. The van der Waals surface area contributed by atoms with E-state index >= 15 is 0 Å². The van der Waals surface area contributed by atoms with Gasteiger partial charge in [-0.25, -0.2) is 0 Å². The Balaban J connectivity index is 2.33. The first-order chi connectivity index (χ1) is 9.22. The van der Waals surface area contributed by atoms with Crippen LogP contribution in [-0.4, -0.2) is 25.3 Å². The number of rotatable bonds is 5. The minimum absolute atomic E-state index is 0.515. The molecule has 2 N–H and O–H groups in total. The van der Waals surface area contributed by atoms with Gasteiger partial charge in [-0.15, -0.1) is 0 Å². The zero-order valence-electron chi connectivity index (χ0n) is 11.2. The Morgan fingerprint density at radius 1 is 1.21 bits per heavy atom. The quantitative estimate of drug-likeness (QED) is 0.838. The fourth-order valence-corrected chi connectivity index (χ4v) is 1.90. The molecule has 1 heterocycles. The molecule has 0 fully saturated rings. The molecule has 4 nitrogen and oxygen atoms in total. The van der Waals surface area contributed by atoms with Crippen LogP contribution in [0.3, 0.4) is 0 Å². The summed E-state index contributed by atoms with van der Waals surface area (Å²) in [6.45, 7) is 3.06. The molecule has 0 bridgehead atoms. The van der Waals surface area contributed by atoms with Gasteiger partial charge in [0.1, 0.15) is 12.4 Å². The maximum Gasteiger partial charge on any atom is 0.128 e. The van der Waals surface area contributed by atoms with Crippen molar-refractivity contribution in [1.29, 1.82) is 0 Å². The first-order valence-corrected chi connectivity index (χ1v) is 6.15. The molecule has 19 heavy (non-hydrogen) atoms. The van der Waals surface area contributed by atoms with E-state index in [0.717, 1.165) is 22.6 Å². The van der Waals surface area contributed by atoms with E-state index in [1.807, 2.05) is 37.3 Å². The number of ether oxygens (including phenoxy) is 2. The van der Waals surface area contributed by atoms with Gasteiger partial charge in [-0.2, -0.15) is 0 Å². The van der Waals surface area contributed by atoms with Crippen molar-refractivity contribution in [3.8, 4) is 17.0 Å². The van der Waals surface area contributed by atoms with Gasteiger partial charge in [0.25, 0.3) is 0 Å². The van der Waals surface area contributed by atoms with Crippen LogP contribution in [0.4, 0.5) is 5.69 Å². The normalized spacial score (nSPS) is 10.4. The molecule has 0 aliphatic carbocycles. The molecule has 0 radical (unpaired) electrons. The van der Waals surface area contributed by atoms with Crippen molar-refractivity contribution < 1.29 is 9.47 Å². The highest BCUT2D eigenvalue weighted by Gasteiger charge is 2.09. The summed E-state index contributed by atoms with van der Waals surface area (Å²) < 4.78 is 10.7. The molecule has 0 aliphatic rings. The van der Waals surface area contributed by atoms with Gasteiger partial charge in [0.05, 0.1) is 24.2 Å². The van der Waals surface area contributed by atoms with Crippen molar-refractivity contribution in [3.05, 3.63) is 42.1 Å². The standard InChI is InChI=1S/C15H18N2O2/c1-11-9-12(16)10-17-15(11)13-5-3-4-6-14(13)19-8-7-18-2/h3-6,9-10H,7-8,16H2,1-2H3. The number of anilines is 1. The van der Waals surface area contributed by atoms with E-state index in [4.69, 9.17) is 15.2 Å². The summed E-state index contributed by atoms with van der Waals surface area (Å²) >= 11 is 0. The molecule has 0 unspecified atom stereocenters. The monoisotopic (exact) mass is 258 g/mol. The van der Waals surface area contributed by atoms with Crippen LogP contribution in [0, 0.1) is 6.92 Å². The highest BCUT2D eigenvalue weighted by Crippen LogP contribution is 2.31. The largest absolute Gasteiger partial charge is 0.490 e. The third-order valence-electron chi connectivity index (χ3n) is 2.79. The Labute approximate surface area is 113 Å². The van der Waals surface area contributed by atoms with Gasteiger partial charge in [-0.1, -0.05) is 12.1 Å². The molecular formula is C15H18N2O2. The molecule has 0 atom stereocenters. The Morgan fingerprint density at radius 2 is 2.00 bits per heavy atom. The third kappa shape index (κ3) is 3.23. The number of hydrogen-bond acceptors (Lipinski definition) is 4.